The third-order valence-electron chi connectivity index (χ3n) is 3.94. The first-order valence-electron chi connectivity index (χ1n) is 8.68. The monoisotopic (exact) mass is 275 g/mol. The van der Waals surface area contributed by atoms with E-state index < -0.39 is 0 Å². The summed E-state index contributed by atoms with van der Waals surface area (Å²) in [6, 6.07) is 11.3. The molecule has 0 aliphatic carbocycles. The normalized spacial score (nSPS) is 12.3. The van der Waals surface area contributed by atoms with Crippen LogP contribution in [-0.4, -0.2) is 6.04 Å². The first-order valence-corrected chi connectivity index (χ1v) is 8.68. The van der Waals surface area contributed by atoms with Crippen molar-refractivity contribution >= 4 is 5.69 Å². The van der Waals surface area contributed by atoms with Crippen molar-refractivity contribution in [2.24, 2.45) is 0 Å². The molecule has 1 aromatic carbocycles. The van der Waals surface area contributed by atoms with Crippen molar-refractivity contribution in [3.8, 4) is 0 Å². The van der Waals surface area contributed by atoms with Gasteiger partial charge in [-0.15, -0.1) is 0 Å². The van der Waals surface area contributed by atoms with Gasteiger partial charge in [-0.05, 0) is 25.0 Å². The Kier molecular flexibility index (Phi) is 10.1. The van der Waals surface area contributed by atoms with E-state index >= 15 is 0 Å². The summed E-state index contributed by atoms with van der Waals surface area (Å²) in [6.45, 7) is 4.56. The maximum atomic E-state index is 3.69. The van der Waals surface area contributed by atoms with Gasteiger partial charge in [-0.3, -0.25) is 0 Å². The smallest absolute Gasteiger partial charge is 0.0342 e. The number of hydrogen-bond donors (Lipinski definition) is 1. The van der Waals surface area contributed by atoms with Crippen LogP contribution in [0.1, 0.15) is 78.1 Å². The van der Waals surface area contributed by atoms with Gasteiger partial charge in [0, 0.05) is 11.7 Å². The van der Waals surface area contributed by atoms with Gasteiger partial charge in [0.25, 0.3) is 0 Å². The van der Waals surface area contributed by atoms with Gasteiger partial charge in [0.15, 0.2) is 0 Å². The van der Waals surface area contributed by atoms with Crippen molar-refractivity contribution in [2.45, 2.75) is 84.1 Å². The second kappa shape index (κ2) is 11.8. The third-order valence-corrected chi connectivity index (χ3v) is 3.94. The molecular formula is C19H33N. The maximum absolute atomic E-state index is 3.69. The highest BCUT2D eigenvalue weighted by Gasteiger charge is 2.06. The van der Waals surface area contributed by atoms with Crippen LogP contribution in [0.4, 0.5) is 5.69 Å². The fraction of sp³-hybridized carbons (Fsp3) is 0.684. The minimum Gasteiger partial charge on any atom is -0.382 e. The van der Waals surface area contributed by atoms with Crippen molar-refractivity contribution in [2.75, 3.05) is 5.32 Å². The topological polar surface area (TPSA) is 12.0 Å². The van der Waals surface area contributed by atoms with Gasteiger partial charge in [0.05, 0.1) is 0 Å². The average Bonchev–Trinajstić information content (AvgIpc) is 2.47. The molecule has 20 heavy (non-hydrogen) atoms. The third kappa shape index (κ3) is 8.24. The van der Waals surface area contributed by atoms with Gasteiger partial charge in [-0.2, -0.15) is 0 Å². The van der Waals surface area contributed by atoms with Crippen LogP contribution < -0.4 is 5.32 Å². The fourth-order valence-corrected chi connectivity index (χ4v) is 2.76. The summed E-state index contributed by atoms with van der Waals surface area (Å²) in [5, 5.41) is 3.69. The molecule has 0 radical (unpaired) electrons. The molecular weight excluding hydrogens is 242 g/mol. The molecule has 1 rings (SSSR count). The molecule has 0 spiro atoms. The van der Waals surface area contributed by atoms with Gasteiger partial charge in [-0.1, -0.05) is 83.4 Å². The van der Waals surface area contributed by atoms with Gasteiger partial charge in [0.1, 0.15) is 0 Å². The zero-order valence-corrected chi connectivity index (χ0v) is 13.5. The van der Waals surface area contributed by atoms with Gasteiger partial charge in [-0.25, -0.2) is 0 Å². The lowest BCUT2D eigenvalue weighted by Gasteiger charge is -2.19. The Morgan fingerprint density at radius 1 is 0.750 bits per heavy atom. The summed E-state index contributed by atoms with van der Waals surface area (Å²) < 4.78 is 0. The van der Waals surface area contributed by atoms with E-state index in [9.17, 15) is 0 Å². The molecule has 1 nitrogen and oxygen atoms in total. The average molecular weight is 275 g/mol. The number of rotatable bonds is 12. The zero-order chi connectivity index (χ0) is 14.5. The zero-order valence-electron chi connectivity index (χ0n) is 13.5. The van der Waals surface area contributed by atoms with Gasteiger partial charge < -0.3 is 5.32 Å². The molecule has 1 atom stereocenters. The van der Waals surface area contributed by atoms with Crippen LogP contribution >= 0.6 is 0 Å². The van der Waals surface area contributed by atoms with Crippen molar-refractivity contribution in [1.29, 1.82) is 0 Å². The molecule has 114 valence electrons. The molecule has 0 aliphatic heterocycles. The highest BCUT2D eigenvalue weighted by atomic mass is 14.9. The van der Waals surface area contributed by atoms with E-state index in [-0.39, 0.29) is 0 Å². The van der Waals surface area contributed by atoms with E-state index in [1.807, 2.05) is 0 Å². The Morgan fingerprint density at radius 2 is 1.40 bits per heavy atom. The Morgan fingerprint density at radius 3 is 2.05 bits per heavy atom. The minimum atomic E-state index is 0.651. The van der Waals surface area contributed by atoms with E-state index in [0.29, 0.717) is 6.04 Å². The number of benzene rings is 1. The number of para-hydroxylation sites is 1. The SMILES string of the molecule is CCCCCCCCCC(CCC)Nc1ccccc1. The minimum absolute atomic E-state index is 0.651. The molecule has 0 fully saturated rings. The van der Waals surface area contributed by atoms with Gasteiger partial charge in [0.2, 0.25) is 0 Å². The standard InChI is InChI=1S/C19H33N/c1-3-5-6-7-8-9-11-15-18(14-4-2)20-19-16-12-10-13-17-19/h10,12-13,16-18,20H,3-9,11,14-15H2,1-2H3. The molecule has 1 heteroatoms. The van der Waals surface area contributed by atoms with Crippen molar-refractivity contribution in [1.82, 2.24) is 0 Å². The molecule has 0 bridgehead atoms. The van der Waals surface area contributed by atoms with Crippen LogP contribution in [-0.2, 0) is 0 Å². The van der Waals surface area contributed by atoms with E-state index in [0.717, 1.165) is 0 Å². The largest absolute Gasteiger partial charge is 0.382 e. The molecule has 1 unspecified atom stereocenters. The molecule has 1 N–H and O–H groups in total. The van der Waals surface area contributed by atoms with Crippen molar-refractivity contribution in [3.05, 3.63) is 30.3 Å². The van der Waals surface area contributed by atoms with Crippen molar-refractivity contribution < 1.29 is 0 Å². The highest BCUT2D eigenvalue weighted by molar-refractivity contribution is 5.43. The van der Waals surface area contributed by atoms with Crippen molar-refractivity contribution in [3.63, 3.8) is 0 Å². The maximum Gasteiger partial charge on any atom is 0.0342 e. The van der Waals surface area contributed by atoms with E-state index in [4.69, 9.17) is 0 Å². The Bertz CT molecular complexity index is 307. The van der Waals surface area contributed by atoms with Crippen LogP contribution in [0.25, 0.3) is 0 Å². The Labute approximate surface area is 126 Å². The first-order chi connectivity index (χ1) is 9.86. The quantitative estimate of drug-likeness (QED) is 0.435. The lowest BCUT2D eigenvalue weighted by Crippen LogP contribution is -2.19. The van der Waals surface area contributed by atoms with Gasteiger partial charge >= 0.3 is 0 Å². The summed E-state index contributed by atoms with van der Waals surface area (Å²) in [5.41, 5.74) is 1.27. The fourth-order valence-electron chi connectivity index (χ4n) is 2.76. The molecule has 0 aliphatic rings. The van der Waals surface area contributed by atoms with Crippen LogP contribution in [0, 0.1) is 0 Å². The summed E-state index contributed by atoms with van der Waals surface area (Å²) >= 11 is 0. The molecule has 0 saturated heterocycles. The Balaban J connectivity index is 2.15. The van der Waals surface area contributed by atoms with Crippen LogP contribution in [0.3, 0.4) is 0 Å². The summed E-state index contributed by atoms with van der Waals surface area (Å²) in [6.07, 6.45) is 13.7. The van der Waals surface area contributed by atoms with Crippen LogP contribution in [0.15, 0.2) is 30.3 Å². The van der Waals surface area contributed by atoms with E-state index in [1.165, 1.54) is 69.9 Å². The first kappa shape index (κ1) is 17.1. The summed E-state index contributed by atoms with van der Waals surface area (Å²) in [5.74, 6) is 0. The predicted molar refractivity (Wildman–Crippen MR) is 91.4 cm³/mol. The lowest BCUT2D eigenvalue weighted by atomic mass is 10.0. The molecule has 0 amide bonds. The molecule has 0 saturated carbocycles. The molecule has 0 aromatic heterocycles. The number of hydrogen-bond acceptors (Lipinski definition) is 1. The van der Waals surface area contributed by atoms with E-state index in [2.05, 4.69) is 49.5 Å². The summed E-state index contributed by atoms with van der Waals surface area (Å²) in [7, 11) is 0. The predicted octanol–water partition coefficient (Wildman–Crippen LogP) is 6.41. The lowest BCUT2D eigenvalue weighted by molar-refractivity contribution is 0.525. The second-order valence-corrected chi connectivity index (χ2v) is 5.91. The van der Waals surface area contributed by atoms with Crippen LogP contribution in [0.2, 0.25) is 0 Å². The molecule has 0 heterocycles. The number of nitrogens with one attached hydrogen (secondary N) is 1. The van der Waals surface area contributed by atoms with Crippen LogP contribution in [0.5, 0.6) is 0 Å². The Hall–Kier alpha value is -0.980. The number of anilines is 1. The summed E-state index contributed by atoms with van der Waals surface area (Å²) in [4.78, 5) is 0. The van der Waals surface area contributed by atoms with E-state index in [1.54, 1.807) is 0 Å². The second-order valence-electron chi connectivity index (χ2n) is 5.91. The highest BCUT2D eigenvalue weighted by Crippen LogP contribution is 2.16. The number of unbranched alkanes of at least 4 members (excludes halogenated alkanes) is 6. The molecule has 1 aromatic rings.